The molecule has 1 aromatic rings. The van der Waals surface area contributed by atoms with Crippen LogP contribution in [0.3, 0.4) is 0 Å². The Hall–Kier alpha value is -1.16. The largest absolute Gasteiger partial charge is 0.259 e. The summed E-state index contributed by atoms with van der Waals surface area (Å²) in [7, 11) is 0. The minimum atomic E-state index is -0.461. The standard InChI is InChI=1S/C7H7NO2S/c1-6-4-11-5-7(6)2-3-8(9)10/h2-5H,1H3/b3-2+. The van der Waals surface area contributed by atoms with Crippen molar-refractivity contribution in [1.82, 2.24) is 0 Å². The van der Waals surface area contributed by atoms with Gasteiger partial charge in [0.2, 0.25) is 6.20 Å². The van der Waals surface area contributed by atoms with Crippen LogP contribution in [0.4, 0.5) is 0 Å². The Morgan fingerprint density at radius 2 is 2.36 bits per heavy atom. The van der Waals surface area contributed by atoms with Crippen molar-refractivity contribution in [1.29, 1.82) is 0 Å². The zero-order valence-electron chi connectivity index (χ0n) is 5.98. The van der Waals surface area contributed by atoms with E-state index in [0.29, 0.717) is 0 Å². The summed E-state index contributed by atoms with van der Waals surface area (Å²) >= 11 is 1.54. The minimum Gasteiger partial charge on any atom is -0.259 e. The third-order valence-corrected chi connectivity index (χ3v) is 2.15. The summed E-state index contributed by atoms with van der Waals surface area (Å²) in [4.78, 5) is 9.47. The normalized spacial score (nSPS) is 10.6. The lowest BCUT2D eigenvalue weighted by Crippen LogP contribution is -1.81. The first-order valence-corrected chi connectivity index (χ1v) is 3.99. The summed E-state index contributed by atoms with van der Waals surface area (Å²) in [5.74, 6) is 0. The van der Waals surface area contributed by atoms with Gasteiger partial charge in [0.1, 0.15) is 0 Å². The smallest absolute Gasteiger partial charge is 0.235 e. The van der Waals surface area contributed by atoms with E-state index in [-0.39, 0.29) is 0 Å². The fourth-order valence-electron chi connectivity index (χ4n) is 0.682. The van der Waals surface area contributed by atoms with Crippen LogP contribution in [-0.4, -0.2) is 4.92 Å². The lowest BCUT2D eigenvalue weighted by molar-refractivity contribution is -0.400. The van der Waals surface area contributed by atoms with Gasteiger partial charge in [0, 0.05) is 6.08 Å². The molecular weight excluding hydrogens is 162 g/mol. The first kappa shape index (κ1) is 7.94. The van der Waals surface area contributed by atoms with Crippen molar-refractivity contribution in [3.63, 3.8) is 0 Å². The SMILES string of the molecule is Cc1cscc1/C=C/[N+](=O)[O-]. The molecule has 0 unspecified atom stereocenters. The average Bonchev–Trinajstić information content (AvgIpc) is 2.31. The van der Waals surface area contributed by atoms with Crippen molar-refractivity contribution in [2.45, 2.75) is 6.92 Å². The van der Waals surface area contributed by atoms with Crippen LogP contribution in [-0.2, 0) is 0 Å². The molecule has 0 saturated carbocycles. The van der Waals surface area contributed by atoms with Crippen LogP contribution >= 0.6 is 11.3 Å². The second-order valence-corrected chi connectivity index (χ2v) is 2.85. The van der Waals surface area contributed by atoms with Gasteiger partial charge in [-0.15, -0.1) is 0 Å². The molecule has 0 aliphatic heterocycles. The maximum Gasteiger partial charge on any atom is 0.235 e. The van der Waals surface area contributed by atoms with Crippen molar-refractivity contribution in [2.75, 3.05) is 0 Å². The van der Waals surface area contributed by atoms with Crippen LogP contribution in [0.5, 0.6) is 0 Å². The Bertz CT molecular complexity index is 290. The number of aryl methyl sites for hydroxylation is 1. The summed E-state index contributed by atoms with van der Waals surface area (Å²) in [5.41, 5.74) is 2.00. The van der Waals surface area contributed by atoms with E-state index in [2.05, 4.69) is 0 Å². The van der Waals surface area contributed by atoms with E-state index in [0.717, 1.165) is 17.3 Å². The molecule has 0 amide bonds. The third kappa shape index (κ3) is 2.16. The summed E-state index contributed by atoms with van der Waals surface area (Å²) < 4.78 is 0. The van der Waals surface area contributed by atoms with Gasteiger partial charge in [-0.2, -0.15) is 11.3 Å². The molecule has 58 valence electrons. The molecule has 0 atom stereocenters. The topological polar surface area (TPSA) is 43.1 Å². The highest BCUT2D eigenvalue weighted by Crippen LogP contribution is 2.14. The summed E-state index contributed by atoms with van der Waals surface area (Å²) in [5, 5.41) is 13.8. The summed E-state index contributed by atoms with van der Waals surface area (Å²) in [6, 6.07) is 0. The second kappa shape index (κ2) is 3.30. The number of hydrogen-bond acceptors (Lipinski definition) is 3. The monoisotopic (exact) mass is 169 g/mol. The molecule has 0 bridgehead atoms. The van der Waals surface area contributed by atoms with Gasteiger partial charge in [0.15, 0.2) is 0 Å². The highest BCUT2D eigenvalue weighted by Gasteiger charge is 1.95. The number of hydrogen-bond donors (Lipinski definition) is 0. The first-order chi connectivity index (χ1) is 5.20. The first-order valence-electron chi connectivity index (χ1n) is 3.04. The Morgan fingerprint density at radius 1 is 1.64 bits per heavy atom. The minimum absolute atomic E-state index is 0.461. The van der Waals surface area contributed by atoms with Crippen molar-refractivity contribution in [3.05, 3.63) is 38.2 Å². The molecule has 0 fully saturated rings. The molecule has 0 spiro atoms. The van der Waals surface area contributed by atoms with Crippen molar-refractivity contribution >= 4 is 17.4 Å². The predicted octanol–water partition coefficient (Wildman–Crippen LogP) is 2.30. The molecule has 1 aromatic heterocycles. The van der Waals surface area contributed by atoms with Crippen LogP contribution in [0.1, 0.15) is 11.1 Å². The van der Waals surface area contributed by atoms with Gasteiger partial charge in [-0.1, -0.05) is 0 Å². The molecule has 3 nitrogen and oxygen atoms in total. The molecule has 0 radical (unpaired) electrons. The van der Waals surface area contributed by atoms with Gasteiger partial charge < -0.3 is 0 Å². The van der Waals surface area contributed by atoms with E-state index in [1.165, 1.54) is 6.08 Å². The Balaban J connectivity index is 2.79. The van der Waals surface area contributed by atoms with Crippen molar-refractivity contribution in [3.8, 4) is 0 Å². The van der Waals surface area contributed by atoms with Crippen molar-refractivity contribution in [2.24, 2.45) is 0 Å². The van der Waals surface area contributed by atoms with E-state index in [1.807, 2.05) is 17.7 Å². The maximum atomic E-state index is 9.93. The Labute approximate surface area is 68.1 Å². The van der Waals surface area contributed by atoms with Crippen molar-refractivity contribution < 1.29 is 4.92 Å². The number of nitrogens with zero attached hydrogens (tertiary/aromatic N) is 1. The fourth-order valence-corrected chi connectivity index (χ4v) is 1.50. The molecule has 0 aliphatic carbocycles. The number of nitro groups is 1. The molecule has 0 aliphatic rings. The summed E-state index contributed by atoms with van der Waals surface area (Å²) in [6.45, 7) is 1.93. The number of rotatable bonds is 2. The molecule has 0 saturated heterocycles. The Kier molecular flexibility index (Phi) is 2.38. The van der Waals surface area contributed by atoms with Gasteiger partial charge in [-0.05, 0) is 28.8 Å². The van der Waals surface area contributed by atoms with Crippen LogP contribution in [0.15, 0.2) is 17.0 Å². The Morgan fingerprint density at radius 3 is 2.82 bits per heavy atom. The average molecular weight is 169 g/mol. The van der Waals surface area contributed by atoms with Crippen LogP contribution in [0.25, 0.3) is 6.08 Å². The zero-order valence-corrected chi connectivity index (χ0v) is 6.80. The van der Waals surface area contributed by atoms with Gasteiger partial charge in [-0.3, -0.25) is 10.1 Å². The molecule has 0 N–H and O–H groups in total. The van der Waals surface area contributed by atoms with E-state index in [1.54, 1.807) is 11.3 Å². The van der Waals surface area contributed by atoms with Gasteiger partial charge in [-0.25, -0.2) is 0 Å². The number of thiophene rings is 1. The van der Waals surface area contributed by atoms with Gasteiger partial charge >= 0.3 is 0 Å². The van der Waals surface area contributed by atoms with Crippen LogP contribution < -0.4 is 0 Å². The lowest BCUT2D eigenvalue weighted by atomic mass is 10.2. The van der Waals surface area contributed by atoms with Crippen LogP contribution in [0.2, 0.25) is 0 Å². The molecular formula is C7H7NO2S. The van der Waals surface area contributed by atoms with Gasteiger partial charge in [0.25, 0.3) is 0 Å². The summed E-state index contributed by atoms with van der Waals surface area (Å²) in [6.07, 6.45) is 2.46. The molecule has 1 heterocycles. The highest BCUT2D eigenvalue weighted by molar-refractivity contribution is 7.08. The molecule has 4 heteroatoms. The maximum absolute atomic E-state index is 9.93. The third-order valence-electron chi connectivity index (χ3n) is 1.27. The van der Waals surface area contributed by atoms with Gasteiger partial charge in [0.05, 0.1) is 4.92 Å². The zero-order chi connectivity index (χ0) is 8.27. The second-order valence-electron chi connectivity index (χ2n) is 2.11. The molecule has 1 rings (SSSR count). The molecule has 0 aromatic carbocycles. The van der Waals surface area contributed by atoms with E-state index in [9.17, 15) is 10.1 Å². The highest BCUT2D eigenvalue weighted by atomic mass is 32.1. The fraction of sp³-hybridized carbons (Fsp3) is 0.143. The van der Waals surface area contributed by atoms with E-state index < -0.39 is 4.92 Å². The lowest BCUT2D eigenvalue weighted by Gasteiger charge is -1.84. The quantitative estimate of drug-likeness (QED) is 0.503. The van der Waals surface area contributed by atoms with E-state index >= 15 is 0 Å². The predicted molar refractivity (Wildman–Crippen MR) is 45.1 cm³/mol. The molecule has 11 heavy (non-hydrogen) atoms. The van der Waals surface area contributed by atoms with Crippen LogP contribution in [0, 0.1) is 17.0 Å². The van der Waals surface area contributed by atoms with E-state index in [4.69, 9.17) is 0 Å².